The van der Waals surface area contributed by atoms with E-state index in [4.69, 9.17) is 0 Å². The molecule has 0 saturated heterocycles. The van der Waals surface area contributed by atoms with Crippen LogP contribution in [0.25, 0.3) is 11.0 Å². The minimum absolute atomic E-state index is 0.0571. The van der Waals surface area contributed by atoms with Gasteiger partial charge < -0.3 is 20.8 Å². The van der Waals surface area contributed by atoms with E-state index in [1.54, 1.807) is 0 Å². The van der Waals surface area contributed by atoms with Crippen molar-refractivity contribution < 1.29 is 28.2 Å². The van der Waals surface area contributed by atoms with Gasteiger partial charge in [0.25, 0.3) is 17.4 Å². The molecule has 0 fully saturated rings. The van der Waals surface area contributed by atoms with Crippen LogP contribution in [0.15, 0.2) is 35.3 Å². The highest BCUT2D eigenvalue weighted by molar-refractivity contribution is 6.04. The molecule has 1 aliphatic heterocycles. The van der Waals surface area contributed by atoms with Crippen LogP contribution < -0.4 is 16.2 Å². The molecule has 3 heterocycles. The molecule has 8 nitrogen and oxygen atoms in total. The summed E-state index contributed by atoms with van der Waals surface area (Å²) >= 11 is 0. The Morgan fingerprint density at radius 2 is 1.97 bits per heavy atom. The van der Waals surface area contributed by atoms with Crippen LogP contribution in [0.5, 0.6) is 5.75 Å². The number of carbonyl (C=O) groups excluding carboxylic acids is 1. The zero-order chi connectivity index (χ0) is 24.8. The molecule has 0 spiro atoms. The summed E-state index contributed by atoms with van der Waals surface area (Å²) in [6.07, 6.45) is 1.55. The number of nitrogens with one attached hydrogen (secondary N) is 2. The molecule has 34 heavy (non-hydrogen) atoms. The lowest BCUT2D eigenvalue weighted by molar-refractivity contribution is -0.000936. The molecule has 0 aliphatic carbocycles. The first kappa shape index (κ1) is 23.6. The fourth-order valence-corrected chi connectivity index (χ4v) is 3.83. The first-order chi connectivity index (χ1) is 15.9. The number of carbonyl (C=O) groups is 1. The third kappa shape index (κ3) is 4.56. The van der Waals surface area contributed by atoms with E-state index in [0.29, 0.717) is 11.1 Å². The van der Waals surface area contributed by atoms with Gasteiger partial charge in [-0.3, -0.25) is 19.1 Å². The zero-order valence-electron chi connectivity index (χ0n) is 18.5. The SMILES string of the molecule is CC(C)(O)CNC(=O)c1c(O)c2ncc(Cc3ccc(F)cc3)c3c2n(c1=O)CC(F)(F)CN3. The summed E-state index contributed by atoms with van der Waals surface area (Å²) in [4.78, 5) is 30.0. The van der Waals surface area contributed by atoms with Gasteiger partial charge in [-0.25, -0.2) is 13.2 Å². The Bertz CT molecular complexity index is 1330. The van der Waals surface area contributed by atoms with E-state index in [0.717, 1.165) is 4.57 Å². The van der Waals surface area contributed by atoms with E-state index >= 15 is 0 Å². The van der Waals surface area contributed by atoms with Crippen molar-refractivity contribution in [3.63, 3.8) is 0 Å². The van der Waals surface area contributed by atoms with E-state index in [2.05, 4.69) is 15.6 Å². The number of aromatic hydroxyl groups is 1. The smallest absolute Gasteiger partial charge is 0.282 e. The first-order valence-corrected chi connectivity index (χ1v) is 10.5. The maximum atomic E-state index is 14.6. The predicted octanol–water partition coefficient (Wildman–Crippen LogP) is 2.39. The van der Waals surface area contributed by atoms with Crippen molar-refractivity contribution in [3.8, 4) is 5.75 Å². The van der Waals surface area contributed by atoms with E-state index in [1.807, 2.05) is 0 Å². The Balaban J connectivity index is 1.90. The second-order valence-corrected chi connectivity index (χ2v) is 8.98. The number of pyridine rings is 2. The molecule has 0 unspecified atom stereocenters. The minimum atomic E-state index is -3.35. The third-order valence-electron chi connectivity index (χ3n) is 5.45. The molecule has 4 N–H and O–H groups in total. The van der Waals surface area contributed by atoms with Crippen molar-refractivity contribution in [1.82, 2.24) is 14.9 Å². The zero-order valence-corrected chi connectivity index (χ0v) is 18.5. The summed E-state index contributed by atoms with van der Waals surface area (Å²) in [7, 11) is 0. The number of benzene rings is 1. The molecular weight excluding hydrogens is 453 g/mol. The van der Waals surface area contributed by atoms with Gasteiger partial charge in [-0.1, -0.05) is 12.1 Å². The topological polar surface area (TPSA) is 116 Å². The normalized spacial score (nSPS) is 15.0. The van der Waals surface area contributed by atoms with Gasteiger partial charge in [0.15, 0.2) is 5.75 Å². The molecule has 4 rings (SSSR count). The van der Waals surface area contributed by atoms with Crippen LogP contribution in [-0.2, 0) is 13.0 Å². The maximum Gasteiger partial charge on any atom is 0.282 e. The lowest BCUT2D eigenvalue weighted by atomic mass is 10.0. The van der Waals surface area contributed by atoms with Gasteiger partial charge in [0, 0.05) is 24.7 Å². The highest BCUT2D eigenvalue weighted by atomic mass is 19.3. The highest BCUT2D eigenvalue weighted by Crippen LogP contribution is 2.36. The Morgan fingerprint density at radius 3 is 2.62 bits per heavy atom. The average molecular weight is 476 g/mol. The number of anilines is 1. The molecule has 0 bridgehead atoms. The molecule has 0 radical (unpaired) electrons. The number of hydrogen-bond donors (Lipinski definition) is 4. The molecule has 2 aromatic heterocycles. The van der Waals surface area contributed by atoms with Crippen LogP contribution in [0.3, 0.4) is 0 Å². The van der Waals surface area contributed by atoms with Crippen LogP contribution in [0, 0.1) is 5.82 Å². The van der Waals surface area contributed by atoms with Gasteiger partial charge >= 0.3 is 0 Å². The van der Waals surface area contributed by atoms with Crippen molar-refractivity contribution >= 4 is 22.6 Å². The Labute approximate surface area is 192 Å². The van der Waals surface area contributed by atoms with Crippen LogP contribution in [0.1, 0.15) is 35.3 Å². The number of nitrogens with zero attached hydrogens (tertiary/aromatic N) is 2. The predicted molar refractivity (Wildman–Crippen MR) is 119 cm³/mol. The van der Waals surface area contributed by atoms with Crippen molar-refractivity contribution in [2.45, 2.75) is 38.3 Å². The Kier molecular flexibility index (Phi) is 5.76. The minimum Gasteiger partial charge on any atom is -0.505 e. The van der Waals surface area contributed by atoms with Crippen molar-refractivity contribution in [2.24, 2.45) is 0 Å². The summed E-state index contributed by atoms with van der Waals surface area (Å²) in [6.45, 7) is 0.796. The van der Waals surface area contributed by atoms with Gasteiger partial charge in [0.05, 0.1) is 29.9 Å². The molecule has 3 aromatic rings. The van der Waals surface area contributed by atoms with Crippen LogP contribution in [0.4, 0.5) is 18.9 Å². The molecule has 1 aliphatic rings. The summed E-state index contributed by atoms with van der Waals surface area (Å²) in [5.74, 6) is -5.54. The Hall–Kier alpha value is -3.60. The van der Waals surface area contributed by atoms with E-state index < -0.39 is 53.2 Å². The molecule has 1 amide bonds. The standard InChI is InChI=1S/C23H23F3N4O4/c1-22(2,34)9-29-20(32)15-19(31)17-18-16(28-10-23(25,26)11-30(18)21(15)33)13(8-27-17)7-12-3-5-14(24)6-4-12/h3-6,8,28,31,34H,7,9-11H2,1-2H3,(H,29,32). The van der Waals surface area contributed by atoms with E-state index in [-0.39, 0.29) is 29.7 Å². The van der Waals surface area contributed by atoms with E-state index in [1.165, 1.54) is 44.3 Å². The van der Waals surface area contributed by atoms with Crippen LogP contribution >= 0.6 is 0 Å². The average Bonchev–Trinajstić information content (AvgIpc) is 2.89. The monoisotopic (exact) mass is 476 g/mol. The number of aromatic nitrogens is 2. The van der Waals surface area contributed by atoms with Crippen molar-refractivity contribution in [2.75, 3.05) is 18.4 Å². The molecule has 1 aromatic carbocycles. The summed E-state index contributed by atoms with van der Waals surface area (Å²) in [6, 6.07) is 5.61. The van der Waals surface area contributed by atoms with Crippen molar-refractivity contribution in [1.29, 1.82) is 0 Å². The van der Waals surface area contributed by atoms with E-state index in [9.17, 15) is 33.0 Å². The third-order valence-corrected chi connectivity index (χ3v) is 5.45. The van der Waals surface area contributed by atoms with Crippen LogP contribution in [-0.4, -0.2) is 50.3 Å². The molecule has 11 heteroatoms. The Morgan fingerprint density at radius 1 is 1.29 bits per heavy atom. The number of alkyl halides is 2. The molecule has 0 atom stereocenters. The number of aliphatic hydroxyl groups is 1. The fraction of sp³-hybridized carbons (Fsp3) is 0.348. The van der Waals surface area contributed by atoms with Gasteiger partial charge in [-0.2, -0.15) is 0 Å². The maximum absolute atomic E-state index is 14.6. The largest absolute Gasteiger partial charge is 0.505 e. The number of hydrogen-bond acceptors (Lipinski definition) is 6. The van der Waals surface area contributed by atoms with Crippen LogP contribution in [0.2, 0.25) is 0 Å². The van der Waals surface area contributed by atoms with Gasteiger partial charge in [-0.15, -0.1) is 0 Å². The first-order valence-electron chi connectivity index (χ1n) is 10.5. The number of amides is 1. The second-order valence-electron chi connectivity index (χ2n) is 8.98. The highest BCUT2D eigenvalue weighted by Gasteiger charge is 2.37. The quantitative estimate of drug-likeness (QED) is 0.450. The summed E-state index contributed by atoms with van der Waals surface area (Å²) < 4.78 is 43.2. The number of halogens is 3. The van der Waals surface area contributed by atoms with Gasteiger partial charge in [0.2, 0.25) is 0 Å². The van der Waals surface area contributed by atoms with Crippen molar-refractivity contribution in [3.05, 3.63) is 63.3 Å². The fourth-order valence-electron chi connectivity index (χ4n) is 3.83. The summed E-state index contributed by atoms with van der Waals surface area (Å²) in [5, 5.41) is 25.6. The lowest BCUT2D eigenvalue weighted by Gasteiger charge is -2.19. The van der Waals surface area contributed by atoms with Gasteiger partial charge in [0.1, 0.15) is 16.9 Å². The second kappa shape index (κ2) is 8.32. The summed E-state index contributed by atoms with van der Waals surface area (Å²) in [5.41, 5.74) is -2.11. The molecular formula is C23H23F3N4O4. The van der Waals surface area contributed by atoms with Gasteiger partial charge in [-0.05, 0) is 31.5 Å². The lowest BCUT2D eigenvalue weighted by Crippen LogP contribution is -2.42. The molecule has 0 saturated carbocycles. The number of rotatable bonds is 5. The molecule has 180 valence electrons.